The van der Waals surface area contributed by atoms with Gasteiger partial charge >= 0.3 is 0 Å². The first-order valence-corrected chi connectivity index (χ1v) is 6.61. The van der Waals surface area contributed by atoms with Crippen LogP contribution < -0.4 is 10.6 Å². The number of aromatic nitrogens is 2. The zero-order valence-corrected chi connectivity index (χ0v) is 10.6. The summed E-state index contributed by atoms with van der Waals surface area (Å²) < 4.78 is 0. The van der Waals surface area contributed by atoms with Crippen molar-refractivity contribution in [3.05, 3.63) is 17.0 Å². The normalized spacial score (nSPS) is 19.2. The molecule has 1 aromatic heterocycles. The van der Waals surface area contributed by atoms with Gasteiger partial charge in [-0.05, 0) is 37.3 Å². The second-order valence-electron chi connectivity index (χ2n) is 5.36. The number of nitrogens with zero attached hydrogens (tertiary/aromatic N) is 2. The van der Waals surface area contributed by atoms with E-state index in [0.717, 1.165) is 25.5 Å². The highest BCUT2D eigenvalue weighted by atomic mass is 15.1. The minimum atomic E-state index is 0.476. The molecule has 0 aromatic carbocycles. The lowest BCUT2D eigenvalue weighted by Crippen LogP contribution is -2.27. The summed E-state index contributed by atoms with van der Waals surface area (Å²) in [4.78, 5) is 9.37. The van der Waals surface area contributed by atoms with Crippen LogP contribution in [0.5, 0.6) is 0 Å². The molecule has 1 aliphatic carbocycles. The third-order valence-electron chi connectivity index (χ3n) is 3.43. The second-order valence-corrected chi connectivity index (χ2v) is 5.36. The predicted octanol–water partition coefficient (Wildman–Crippen LogP) is 1.82. The first-order valence-electron chi connectivity index (χ1n) is 6.61. The monoisotopic (exact) mass is 232 g/mol. The molecule has 3 rings (SSSR count). The molecule has 0 saturated heterocycles. The van der Waals surface area contributed by atoms with Crippen LogP contribution in [0.3, 0.4) is 0 Å². The summed E-state index contributed by atoms with van der Waals surface area (Å²) in [5.41, 5.74) is 3.80. The van der Waals surface area contributed by atoms with E-state index in [9.17, 15) is 0 Å². The Labute approximate surface area is 102 Å². The Morgan fingerprint density at radius 2 is 2.12 bits per heavy atom. The standard InChI is InChI=1S/C13H20N4/c1-8(2)12-10-5-6-14-7-11(10)16-13(17-12)15-9-3-4-9/h8-9,14H,3-7H2,1-2H3,(H,15,16,17). The molecular formula is C13H20N4. The van der Waals surface area contributed by atoms with Gasteiger partial charge in [-0.1, -0.05) is 13.8 Å². The van der Waals surface area contributed by atoms with Gasteiger partial charge in [-0.3, -0.25) is 0 Å². The molecule has 0 atom stereocenters. The molecule has 1 fully saturated rings. The van der Waals surface area contributed by atoms with E-state index in [2.05, 4.69) is 29.5 Å². The lowest BCUT2D eigenvalue weighted by Gasteiger charge is -2.21. The van der Waals surface area contributed by atoms with E-state index in [1.165, 1.54) is 29.8 Å². The van der Waals surface area contributed by atoms with E-state index in [-0.39, 0.29) is 0 Å². The van der Waals surface area contributed by atoms with Crippen molar-refractivity contribution >= 4 is 5.95 Å². The third-order valence-corrected chi connectivity index (χ3v) is 3.43. The van der Waals surface area contributed by atoms with Gasteiger partial charge in [0.1, 0.15) is 0 Å². The smallest absolute Gasteiger partial charge is 0.223 e. The van der Waals surface area contributed by atoms with Crippen molar-refractivity contribution < 1.29 is 0 Å². The van der Waals surface area contributed by atoms with Crippen LogP contribution in [0.15, 0.2) is 0 Å². The van der Waals surface area contributed by atoms with Gasteiger partial charge in [0.15, 0.2) is 0 Å². The largest absolute Gasteiger partial charge is 0.351 e. The lowest BCUT2D eigenvalue weighted by molar-refractivity contribution is 0.609. The lowest BCUT2D eigenvalue weighted by atomic mass is 9.98. The Morgan fingerprint density at radius 3 is 2.82 bits per heavy atom. The average molecular weight is 232 g/mol. The second kappa shape index (κ2) is 4.26. The average Bonchev–Trinajstić information content (AvgIpc) is 3.11. The van der Waals surface area contributed by atoms with Crippen LogP contribution in [-0.2, 0) is 13.0 Å². The SMILES string of the molecule is CC(C)c1nc(NC2CC2)nc2c1CCNC2. The highest BCUT2D eigenvalue weighted by Crippen LogP contribution is 2.27. The summed E-state index contributed by atoms with van der Waals surface area (Å²) in [6, 6.07) is 0.615. The van der Waals surface area contributed by atoms with Crippen molar-refractivity contribution in [3.63, 3.8) is 0 Å². The number of anilines is 1. The van der Waals surface area contributed by atoms with Gasteiger partial charge in [0.05, 0.1) is 11.4 Å². The summed E-state index contributed by atoms with van der Waals surface area (Å²) >= 11 is 0. The minimum Gasteiger partial charge on any atom is -0.351 e. The Morgan fingerprint density at radius 1 is 1.29 bits per heavy atom. The first kappa shape index (κ1) is 11.0. The topological polar surface area (TPSA) is 49.8 Å². The molecule has 1 saturated carbocycles. The molecule has 0 bridgehead atoms. The summed E-state index contributed by atoms with van der Waals surface area (Å²) in [7, 11) is 0. The van der Waals surface area contributed by atoms with Crippen LogP contribution in [-0.4, -0.2) is 22.6 Å². The molecule has 2 aliphatic rings. The molecule has 2 heterocycles. The highest BCUT2D eigenvalue weighted by Gasteiger charge is 2.24. The van der Waals surface area contributed by atoms with E-state index in [1.807, 2.05) is 0 Å². The Kier molecular flexibility index (Phi) is 2.74. The predicted molar refractivity (Wildman–Crippen MR) is 68.2 cm³/mol. The van der Waals surface area contributed by atoms with Crippen LogP contribution in [0.25, 0.3) is 0 Å². The minimum absolute atomic E-state index is 0.476. The molecule has 1 aliphatic heterocycles. The van der Waals surface area contributed by atoms with Crippen molar-refractivity contribution in [2.45, 2.75) is 51.6 Å². The molecule has 0 spiro atoms. The summed E-state index contributed by atoms with van der Waals surface area (Å²) in [6.45, 7) is 6.36. The maximum Gasteiger partial charge on any atom is 0.223 e. The van der Waals surface area contributed by atoms with Gasteiger partial charge in [0, 0.05) is 12.6 Å². The maximum absolute atomic E-state index is 4.72. The van der Waals surface area contributed by atoms with Crippen molar-refractivity contribution in [3.8, 4) is 0 Å². The fourth-order valence-corrected chi connectivity index (χ4v) is 2.34. The molecule has 4 heteroatoms. The van der Waals surface area contributed by atoms with Gasteiger partial charge in [-0.15, -0.1) is 0 Å². The fourth-order valence-electron chi connectivity index (χ4n) is 2.34. The van der Waals surface area contributed by atoms with Crippen molar-refractivity contribution in [2.75, 3.05) is 11.9 Å². The number of hydrogen-bond acceptors (Lipinski definition) is 4. The molecule has 1 aromatic rings. The summed E-state index contributed by atoms with van der Waals surface area (Å²) in [6.07, 6.45) is 3.58. The number of fused-ring (bicyclic) bond motifs is 1. The van der Waals surface area contributed by atoms with Gasteiger partial charge in [0.25, 0.3) is 0 Å². The van der Waals surface area contributed by atoms with Gasteiger partial charge in [-0.25, -0.2) is 9.97 Å². The zero-order valence-electron chi connectivity index (χ0n) is 10.6. The molecule has 0 amide bonds. The first-order chi connectivity index (χ1) is 8.24. The van der Waals surface area contributed by atoms with Crippen LogP contribution >= 0.6 is 0 Å². The molecule has 2 N–H and O–H groups in total. The van der Waals surface area contributed by atoms with E-state index in [4.69, 9.17) is 4.98 Å². The molecule has 92 valence electrons. The Hall–Kier alpha value is -1.16. The fraction of sp³-hybridized carbons (Fsp3) is 0.692. The van der Waals surface area contributed by atoms with Gasteiger partial charge in [-0.2, -0.15) is 0 Å². The molecular weight excluding hydrogens is 212 g/mol. The number of nitrogens with one attached hydrogen (secondary N) is 2. The maximum atomic E-state index is 4.72. The van der Waals surface area contributed by atoms with Crippen LogP contribution in [0.1, 0.15) is 49.6 Å². The summed E-state index contributed by atoms with van der Waals surface area (Å²) in [5.74, 6) is 1.31. The Bertz CT molecular complexity index is 424. The third kappa shape index (κ3) is 2.27. The van der Waals surface area contributed by atoms with Crippen LogP contribution in [0, 0.1) is 0 Å². The van der Waals surface area contributed by atoms with E-state index in [0.29, 0.717) is 12.0 Å². The molecule has 17 heavy (non-hydrogen) atoms. The van der Waals surface area contributed by atoms with E-state index >= 15 is 0 Å². The summed E-state index contributed by atoms with van der Waals surface area (Å²) in [5, 5.41) is 6.80. The number of hydrogen-bond donors (Lipinski definition) is 2. The zero-order chi connectivity index (χ0) is 11.8. The van der Waals surface area contributed by atoms with Gasteiger partial charge in [0.2, 0.25) is 5.95 Å². The van der Waals surface area contributed by atoms with Crippen molar-refractivity contribution in [1.29, 1.82) is 0 Å². The van der Waals surface area contributed by atoms with Crippen molar-refractivity contribution in [1.82, 2.24) is 15.3 Å². The van der Waals surface area contributed by atoms with Crippen LogP contribution in [0.4, 0.5) is 5.95 Å². The van der Waals surface area contributed by atoms with Gasteiger partial charge < -0.3 is 10.6 Å². The number of rotatable bonds is 3. The van der Waals surface area contributed by atoms with Crippen molar-refractivity contribution in [2.24, 2.45) is 0 Å². The van der Waals surface area contributed by atoms with Crippen LogP contribution in [0.2, 0.25) is 0 Å². The molecule has 0 radical (unpaired) electrons. The quantitative estimate of drug-likeness (QED) is 0.834. The van der Waals surface area contributed by atoms with E-state index < -0.39 is 0 Å². The van der Waals surface area contributed by atoms with E-state index in [1.54, 1.807) is 0 Å². The Balaban J connectivity index is 1.97. The molecule has 4 nitrogen and oxygen atoms in total. The highest BCUT2D eigenvalue weighted by molar-refractivity contribution is 5.38. The molecule has 0 unspecified atom stereocenters.